The molecule has 3 N–H and O–H groups in total. The Bertz CT molecular complexity index is 937. The molecule has 0 aromatic heterocycles. The summed E-state index contributed by atoms with van der Waals surface area (Å²) in [4.78, 5) is 11.4. The number of carbonyl (C=O) groups excluding carboxylic acids is 1. The number of hydrogen-bond donors (Lipinski definition) is 2. The molecule has 0 saturated heterocycles. The standard InChI is InChI=1S/C15H16N2O5S2/c1-23(19,20)12-7-9-13(10-8-12)24(21,22)17-14(15(16)18)11-5-3-2-4-6-11/h2-10,14,17H,1H3,(H2,16,18). The molecule has 1 atom stereocenters. The van der Waals surface area contributed by atoms with Gasteiger partial charge in [-0.25, -0.2) is 16.8 Å². The third-order valence-corrected chi connectivity index (χ3v) is 5.82. The maximum absolute atomic E-state index is 12.4. The van der Waals surface area contributed by atoms with Gasteiger partial charge in [0, 0.05) is 6.26 Å². The first-order valence-corrected chi connectivity index (χ1v) is 10.2. The van der Waals surface area contributed by atoms with Crippen LogP contribution in [0.25, 0.3) is 0 Å². The van der Waals surface area contributed by atoms with Crippen molar-refractivity contribution in [1.82, 2.24) is 4.72 Å². The van der Waals surface area contributed by atoms with Crippen molar-refractivity contribution in [2.24, 2.45) is 5.73 Å². The number of rotatable bonds is 6. The smallest absolute Gasteiger partial charge is 0.241 e. The van der Waals surface area contributed by atoms with E-state index < -0.39 is 31.8 Å². The number of amides is 1. The largest absolute Gasteiger partial charge is 0.368 e. The first-order valence-electron chi connectivity index (χ1n) is 6.78. The van der Waals surface area contributed by atoms with Gasteiger partial charge in [-0.1, -0.05) is 30.3 Å². The fraction of sp³-hybridized carbons (Fsp3) is 0.133. The SMILES string of the molecule is CS(=O)(=O)c1ccc(S(=O)(=O)NC(C(N)=O)c2ccccc2)cc1. The number of nitrogens with two attached hydrogens (primary N) is 1. The summed E-state index contributed by atoms with van der Waals surface area (Å²) in [5.74, 6) is -0.850. The second kappa shape index (κ2) is 6.71. The predicted molar refractivity (Wildman–Crippen MR) is 88.3 cm³/mol. The normalized spacial score (nSPS) is 13.4. The Morgan fingerprint density at radius 2 is 1.42 bits per heavy atom. The second-order valence-electron chi connectivity index (χ2n) is 5.11. The number of sulfonamides is 1. The summed E-state index contributed by atoms with van der Waals surface area (Å²) in [6.45, 7) is 0. The Kier molecular flexibility index (Phi) is 5.07. The van der Waals surface area contributed by atoms with Crippen molar-refractivity contribution in [1.29, 1.82) is 0 Å². The minimum Gasteiger partial charge on any atom is -0.368 e. The molecule has 0 heterocycles. The number of primary amides is 1. The first-order chi connectivity index (χ1) is 11.1. The van der Waals surface area contributed by atoms with Crippen molar-refractivity contribution >= 4 is 25.8 Å². The zero-order valence-electron chi connectivity index (χ0n) is 12.7. The van der Waals surface area contributed by atoms with Gasteiger partial charge in [-0.2, -0.15) is 4.72 Å². The summed E-state index contributed by atoms with van der Waals surface area (Å²) >= 11 is 0. The molecule has 0 bridgehead atoms. The van der Waals surface area contributed by atoms with Gasteiger partial charge in [0.2, 0.25) is 15.9 Å². The van der Waals surface area contributed by atoms with E-state index in [-0.39, 0.29) is 9.79 Å². The lowest BCUT2D eigenvalue weighted by molar-refractivity contribution is -0.119. The average molecular weight is 368 g/mol. The maximum Gasteiger partial charge on any atom is 0.241 e. The monoisotopic (exact) mass is 368 g/mol. The molecule has 1 unspecified atom stereocenters. The lowest BCUT2D eigenvalue weighted by Gasteiger charge is -2.16. The van der Waals surface area contributed by atoms with Gasteiger partial charge in [0.15, 0.2) is 9.84 Å². The summed E-state index contributed by atoms with van der Waals surface area (Å²) in [7, 11) is -7.49. The van der Waals surface area contributed by atoms with E-state index >= 15 is 0 Å². The molecular formula is C15H16N2O5S2. The lowest BCUT2D eigenvalue weighted by Crippen LogP contribution is -2.37. The Morgan fingerprint density at radius 1 is 0.917 bits per heavy atom. The van der Waals surface area contributed by atoms with E-state index in [1.807, 2.05) is 0 Å². The van der Waals surface area contributed by atoms with E-state index in [1.165, 1.54) is 12.1 Å². The third kappa shape index (κ3) is 4.19. The van der Waals surface area contributed by atoms with Gasteiger partial charge in [-0.15, -0.1) is 0 Å². The highest BCUT2D eigenvalue weighted by atomic mass is 32.2. The van der Waals surface area contributed by atoms with Crippen molar-refractivity contribution < 1.29 is 21.6 Å². The Morgan fingerprint density at radius 3 is 1.88 bits per heavy atom. The fourth-order valence-corrected chi connectivity index (χ4v) is 3.85. The van der Waals surface area contributed by atoms with Gasteiger partial charge >= 0.3 is 0 Å². The van der Waals surface area contributed by atoms with Crippen molar-refractivity contribution in [3.05, 3.63) is 60.2 Å². The summed E-state index contributed by atoms with van der Waals surface area (Å²) in [5, 5.41) is 0. The molecule has 7 nitrogen and oxygen atoms in total. The number of carbonyl (C=O) groups is 1. The molecular weight excluding hydrogens is 352 g/mol. The summed E-state index contributed by atoms with van der Waals surface area (Å²) in [6.07, 6.45) is 1.02. The Hall–Kier alpha value is -2.23. The molecule has 0 fully saturated rings. The molecule has 2 rings (SSSR count). The van der Waals surface area contributed by atoms with Gasteiger partial charge < -0.3 is 5.73 Å². The van der Waals surface area contributed by atoms with Gasteiger partial charge in [0.1, 0.15) is 6.04 Å². The van der Waals surface area contributed by atoms with Gasteiger partial charge in [0.25, 0.3) is 0 Å². The van der Waals surface area contributed by atoms with Crippen LogP contribution in [0.5, 0.6) is 0 Å². The van der Waals surface area contributed by atoms with Crippen LogP contribution >= 0.6 is 0 Å². The zero-order chi connectivity index (χ0) is 18.0. The molecule has 0 radical (unpaired) electrons. The molecule has 0 saturated carbocycles. The summed E-state index contributed by atoms with van der Waals surface area (Å²) < 4.78 is 49.9. The highest BCUT2D eigenvalue weighted by Gasteiger charge is 2.25. The van der Waals surface area contributed by atoms with E-state index in [9.17, 15) is 21.6 Å². The Balaban J connectivity index is 2.34. The van der Waals surface area contributed by atoms with Crippen molar-refractivity contribution in [2.45, 2.75) is 15.8 Å². The number of nitrogens with one attached hydrogen (secondary N) is 1. The van der Waals surface area contributed by atoms with Crippen LogP contribution in [-0.4, -0.2) is 29.0 Å². The lowest BCUT2D eigenvalue weighted by atomic mass is 10.1. The van der Waals surface area contributed by atoms with Crippen LogP contribution in [0.3, 0.4) is 0 Å². The molecule has 1 amide bonds. The van der Waals surface area contributed by atoms with Crippen LogP contribution in [0.1, 0.15) is 11.6 Å². The van der Waals surface area contributed by atoms with Gasteiger partial charge in [-0.3, -0.25) is 4.79 Å². The molecule has 0 aliphatic rings. The molecule has 128 valence electrons. The van der Waals surface area contributed by atoms with E-state index in [2.05, 4.69) is 4.72 Å². The number of benzene rings is 2. The van der Waals surface area contributed by atoms with E-state index in [0.717, 1.165) is 18.4 Å². The van der Waals surface area contributed by atoms with Crippen LogP contribution in [0.2, 0.25) is 0 Å². The zero-order valence-corrected chi connectivity index (χ0v) is 14.3. The van der Waals surface area contributed by atoms with E-state index in [4.69, 9.17) is 5.73 Å². The van der Waals surface area contributed by atoms with Crippen LogP contribution in [0.15, 0.2) is 64.4 Å². The first kappa shape index (κ1) is 18.1. The molecule has 24 heavy (non-hydrogen) atoms. The summed E-state index contributed by atoms with van der Waals surface area (Å²) in [6, 6.07) is 11.6. The maximum atomic E-state index is 12.4. The highest BCUT2D eigenvalue weighted by Crippen LogP contribution is 2.19. The van der Waals surface area contributed by atoms with Gasteiger partial charge in [0.05, 0.1) is 9.79 Å². The third-order valence-electron chi connectivity index (χ3n) is 3.25. The highest BCUT2D eigenvalue weighted by molar-refractivity contribution is 7.90. The minimum atomic E-state index is -4.06. The molecule has 0 spiro atoms. The molecule has 2 aromatic carbocycles. The minimum absolute atomic E-state index is 0.00374. The summed E-state index contributed by atoms with van der Waals surface area (Å²) in [5.41, 5.74) is 5.69. The van der Waals surface area contributed by atoms with E-state index in [1.54, 1.807) is 30.3 Å². The number of sulfone groups is 1. The predicted octanol–water partition coefficient (Wildman–Crippen LogP) is 0.595. The number of hydrogen-bond acceptors (Lipinski definition) is 5. The van der Waals surface area contributed by atoms with E-state index in [0.29, 0.717) is 5.56 Å². The molecule has 0 aliphatic heterocycles. The second-order valence-corrected chi connectivity index (χ2v) is 8.84. The molecule has 2 aromatic rings. The fourth-order valence-electron chi connectivity index (χ4n) is 2.03. The average Bonchev–Trinajstić information content (AvgIpc) is 2.52. The quantitative estimate of drug-likeness (QED) is 0.772. The topological polar surface area (TPSA) is 123 Å². The van der Waals surface area contributed by atoms with Crippen molar-refractivity contribution in [3.8, 4) is 0 Å². The molecule has 0 aliphatic carbocycles. The van der Waals surface area contributed by atoms with Crippen LogP contribution in [0.4, 0.5) is 0 Å². The Labute approximate surface area is 140 Å². The van der Waals surface area contributed by atoms with Crippen molar-refractivity contribution in [3.63, 3.8) is 0 Å². The van der Waals surface area contributed by atoms with Crippen LogP contribution < -0.4 is 10.5 Å². The van der Waals surface area contributed by atoms with Crippen LogP contribution in [-0.2, 0) is 24.7 Å². The van der Waals surface area contributed by atoms with Gasteiger partial charge in [-0.05, 0) is 29.8 Å². The van der Waals surface area contributed by atoms with Crippen molar-refractivity contribution in [2.75, 3.05) is 6.26 Å². The molecule has 9 heteroatoms. The van der Waals surface area contributed by atoms with Crippen LogP contribution in [0, 0.1) is 0 Å².